The number of halogens is 1. The van der Waals surface area contributed by atoms with Gasteiger partial charge in [-0.2, -0.15) is 0 Å². The molecule has 0 spiro atoms. The third-order valence-electron chi connectivity index (χ3n) is 2.39. The zero-order chi connectivity index (χ0) is 14.6. The summed E-state index contributed by atoms with van der Waals surface area (Å²) in [7, 11) is 0. The molecular formula is C14H19BrO4. The molecule has 19 heavy (non-hydrogen) atoms. The Morgan fingerprint density at radius 2 is 2.00 bits per heavy atom. The van der Waals surface area contributed by atoms with Gasteiger partial charge in [-0.1, -0.05) is 28.1 Å². The Morgan fingerprint density at radius 1 is 1.37 bits per heavy atom. The van der Waals surface area contributed by atoms with Gasteiger partial charge in [0.1, 0.15) is 11.7 Å². The maximum Gasteiger partial charge on any atom is 0.338 e. The quantitative estimate of drug-likeness (QED) is 0.657. The Kier molecular flexibility index (Phi) is 5.52. The van der Waals surface area contributed by atoms with Gasteiger partial charge in [-0.15, -0.1) is 0 Å². The van der Waals surface area contributed by atoms with Crippen LogP contribution in [0.15, 0.2) is 24.3 Å². The predicted molar refractivity (Wildman–Crippen MR) is 76.4 cm³/mol. The molecule has 1 aromatic carbocycles. The second kappa shape index (κ2) is 6.50. The zero-order valence-corrected chi connectivity index (χ0v) is 12.8. The van der Waals surface area contributed by atoms with Crippen molar-refractivity contribution in [3.63, 3.8) is 0 Å². The van der Waals surface area contributed by atoms with E-state index < -0.39 is 23.8 Å². The van der Waals surface area contributed by atoms with Crippen LogP contribution < -0.4 is 0 Å². The Balaban J connectivity index is 2.91. The summed E-state index contributed by atoms with van der Waals surface area (Å²) < 4.78 is 5.25. The molecule has 2 unspecified atom stereocenters. The lowest BCUT2D eigenvalue weighted by Crippen LogP contribution is -2.24. The molecule has 0 bridgehead atoms. The maximum absolute atomic E-state index is 11.9. The molecule has 1 rings (SSSR count). The van der Waals surface area contributed by atoms with Crippen molar-refractivity contribution in [3.05, 3.63) is 35.4 Å². The molecule has 106 valence electrons. The highest BCUT2D eigenvalue weighted by Crippen LogP contribution is 2.20. The van der Waals surface area contributed by atoms with Crippen molar-refractivity contribution >= 4 is 21.9 Å². The first-order chi connectivity index (χ1) is 8.74. The highest BCUT2D eigenvalue weighted by Gasteiger charge is 2.21. The van der Waals surface area contributed by atoms with Gasteiger partial charge in [-0.25, -0.2) is 4.79 Å². The molecule has 0 saturated carbocycles. The fourth-order valence-corrected chi connectivity index (χ4v) is 1.85. The van der Waals surface area contributed by atoms with Gasteiger partial charge in [0.25, 0.3) is 0 Å². The third-order valence-corrected chi connectivity index (χ3v) is 3.05. The fraction of sp³-hybridized carbons (Fsp3) is 0.500. The summed E-state index contributed by atoms with van der Waals surface area (Å²) in [6.45, 7) is 5.37. The van der Waals surface area contributed by atoms with Crippen molar-refractivity contribution in [3.8, 4) is 0 Å². The van der Waals surface area contributed by atoms with Crippen molar-refractivity contribution in [1.29, 1.82) is 0 Å². The van der Waals surface area contributed by atoms with E-state index in [4.69, 9.17) is 4.74 Å². The standard InChI is InChI=1S/C14H19BrO4/c1-14(2,3)19-13(18)10-6-4-5-9(7-10)12(17)11(16)8-15/h4-7,11-12,16-17H,8H2,1-3H3. The van der Waals surface area contributed by atoms with Crippen LogP contribution in [0.1, 0.15) is 42.8 Å². The summed E-state index contributed by atoms with van der Waals surface area (Å²) in [4.78, 5) is 11.9. The monoisotopic (exact) mass is 330 g/mol. The van der Waals surface area contributed by atoms with E-state index in [1.807, 2.05) is 0 Å². The molecule has 0 saturated heterocycles. The zero-order valence-electron chi connectivity index (χ0n) is 11.3. The number of hydrogen-bond acceptors (Lipinski definition) is 4. The molecule has 1 aromatic rings. The minimum Gasteiger partial charge on any atom is -0.456 e. The van der Waals surface area contributed by atoms with E-state index in [0.717, 1.165) is 0 Å². The van der Waals surface area contributed by atoms with Crippen LogP contribution in [0.25, 0.3) is 0 Å². The molecule has 0 aromatic heterocycles. The number of alkyl halides is 1. The predicted octanol–water partition coefficient (Wildman–Crippen LogP) is 2.43. The Bertz CT molecular complexity index is 439. The number of ether oxygens (including phenoxy) is 1. The normalized spacial score (nSPS) is 14.8. The molecule has 0 radical (unpaired) electrons. The average molecular weight is 331 g/mol. The van der Waals surface area contributed by atoms with Crippen LogP contribution in [0, 0.1) is 0 Å². The Labute approximate surface area is 121 Å². The SMILES string of the molecule is CC(C)(C)OC(=O)c1cccc(C(O)C(O)CBr)c1. The summed E-state index contributed by atoms with van der Waals surface area (Å²) in [6.07, 6.45) is -1.96. The Morgan fingerprint density at radius 3 is 2.53 bits per heavy atom. The molecule has 2 atom stereocenters. The first-order valence-corrected chi connectivity index (χ1v) is 7.12. The summed E-state index contributed by atoms with van der Waals surface area (Å²) >= 11 is 3.10. The number of hydrogen-bond donors (Lipinski definition) is 2. The highest BCUT2D eigenvalue weighted by atomic mass is 79.9. The van der Waals surface area contributed by atoms with Crippen molar-refractivity contribution in [2.45, 2.75) is 38.6 Å². The highest BCUT2D eigenvalue weighted by molar-refractivity contribution is 9.09. The van der Waals surface area contributed by atoms with Crippen LogP contribution in [0.2, 0.25) is 0 Å². The van der Waals surface area contributed by atoms with Gasteiger partial charge in [-0.3, -0.25) is 0 Å². The van der Waals surface area contributed by atoms with Crippen LogP contribution in [0.3, 0.4) is 0 Å². The summed E-state index contributed by atoms with van der Waals surface area (Å²) in [5.41, 5.74) is 0.268. The largest absolute Gasteiger partial charge is 0.456 e. The molecule has 0 aliphatic rings. The lowest BCUT2D eigenvalue weighted by molar-refractivity contribution is 0.00677. The topological polar surface area (TPSA) is 66.8 Å². The summed E-state index contributed by atoms with van der Waals surface area (Å²) in [6, 6.07) is 6.46. The van der Waals surface area contributed by atoms with Crippen molar-refractivity contribution < 1.29 is 19.7 Å². The van der Waals surface area contributed by atoms with E-state index >= 15 is 0 Å². The number of carbonyl (C=O) groups is 1. The van der Waals surface area contributed by atoms with Crippen LogP contribution in [-0.2, 0) is 4.74 Å². The number of carbonyl (C=O) groups excluding carboxylic acids is 1. The molecule has 5 heteroatoms. The summed E-state index contributed by atoms with van der Waals surface area (Å²) in [5.74, 6) is -0.449. The van der Waals surface area contributed by atoms with Crippen LogP contribution in [0.4, 0.5) is 0 Å². The number of aliphatic hydroxyl groups excluding tert-OH is 2. The van der Waals surface area contributed by atoms with Gasteiger partial charge in [0.05, 0.1) is 11.7 Å². The van der Waals surface area contributed by atoms with Crippen LogP contribution in [0.5, 0.6) is 0 Å². The number of rotatable bonds is 4. The maximum atomic E-state index is 11.9. The van der Waals surface area contributed by atoms with Crippen LogP contribution >= 0.6 is 15.9 Å². The average Bonchev–Trinajstić information content (AvgIpc) is 2.35. The fourth-order valence-electron chi connectivity index (χ4n) is 1.49. The lowest BCUT2D eigenvalue weighted by atomic mass is 10.0. The van der Waals surface area contributed by atoms with Gasteiger partial charge in [-0.05, 0) is 38.5 Å². The van der Waals surface area contributed by atoms with E-state index in [0.29, 0.717) is 11.1 Å². The first kappa shape index (κ1) is 16.1. The number of benzene rings is 1. The molecule has 0 aliphatic carbocycles. The van der Waals surface area contributed by atoms with Gasteiger partial charge in [0.15, 0.2) is 0 Å². The molecule has 2 N–H and O–H groups in total. The Hall–Kier alpha value is -0.910. The van der Waals surface area contributed by atoms with E-state index in [1.165, 1.54) is 6.07 Å². The van der Waals surface area contributed by atoms with Crippen molar-refractivity contribution in [1.82, 2.24) is 0 Å². The van der Waals surface area contributed by atoms with E-state index in [2.05, 4.69) is 15.9 Å². The van der Waals surface area contributed by atoms with Crippen LogP contribution in [-0.4, -0.2) is 33.2 Å². The molecule has 0 fully saturated rings. The third kappa shape index (κ3) is 4.93. The molecule has 0 aliphatic heterocycles. The van der Waals surface area contributed by atoms with Crippen molar-refractivity contribution in [2.75, 3.05) is 5.33 Å². The van der Waals surface area contributed by atoms with Gasteiger partial charge < -0.3 is 14.9 Å². The minimum absolute atomic E-state index is 0.255. The second-order valence-electron chi connectivity index (χ2n) is 5.29. The number of aliphatic hydroxyl groups is 2. The first-order valence-electron chi connectivity index (χ1n) is 6.00. The minimum atomic E-state index is -1.04. The van der Waals surface area contributed by atoms with Gasteiger partial charge in [0.2, 0.25) is 0 Å². The van der Waals surface area contributed by atoms with E-state index in [9.17, 15) is 15.0 Å². The van der Waals surface area contributed by atoms with Gasteiger partial charge in [0, 0.05) is 5.33 Å². The number of esters is 1. The molecule has 4 nitrogen and oxygen atoms in total. The second-order valence-corrected chi connectivity index (χ2v) is 5.94. The van der Waals surface area contributed by atoms with Gasteiger partial charge >= 0.3 is 5.97 Å². The lowest BCUT2D eigenvalue weighted by Gasteiger charge is -2.20. The smallest absolute Gasteiger partial charge is 0.338 e. The summed E-state index contributed by atoms with van der Waals surface area (Å²) in [5, 5.41) is 19.7. The van der Waals surface area contributed by atoms with Crippen molar-refractivity contribution in [2.24, 2.45) is 0 Å². The van der Waals surface area contributed by atoms with E-state index in [-0.39, 0.29) is 5.33 Å². The molecule has 0 heterocycles. The molecular weight excluding hydrogens is 312 g/mol. The molecule has 0 amide bonds. The van der Waals surface area contributed by atoms with E-state index in [1.54, 1.807) is 39.0 Å².